The summed E-state index contributed by atoms with van der Waals surface area (Å²) in [5.74, 6) is -5.34. The highest BCUT2D eigenvalue weighted by Gasteiger charge is 2.50. The predicted molar refractivity (Wildman–Crippen MR) is 435 cm³/mol. The van der Waals surface area contributed by atoms with E-state index in [1.54, 1.807) is 56.6 Å². The first kappa shape index (κ1) is 84.2. The van der Waals surface area contributed by atoms with Crippen molar-refractivity contribution in [3.05, 3.63) is 158 Å². The zero-order chi connectivity index (χ0) is 81.6. The van der Waals surface area contributed by atoms with Crippen molar-refractivity contribution in [2.45, 2.75) is 228 Å². The third-order valence-corrected chi connectivity index (χ3v) is 25.7. The topological polar surface area (TPSA) is 304 Å². The SMILES string of the molecule is Cc1ncsc1-c1ccc(CNC(=O)[C@@H]2C[C@@H](OCC(C)CCC(=O)N[C@H](C(=O)N3C[C@H](OC4CCC(C(=O)N[C@H](C(=O)N5C[C@H](O)C[C@H]5C(=O)NCc5ccc(-c6scnc6C)cc5)C(C)(C)C)CC4)C[C@H]3C(=O)NCc3ccc(-c4scnc4C)cc3)C(C)(C)C)CN2C(=O)[C@H](C(C)C)N2Cc3c(F)cccc3C2=O)cc1. The number of thiazole rings is 3. The van der Waals surface area contributed by atoms with Gasteiger partial charge in [0.2, 0.25) is 47.3 Å². The highest BCUT2D eigenvalue weighted by molar-refractivity contribution is 7.14. The Balaban J connectivity index is 0.667. The van der Waals surface area contributed by atoms with Gasteiger partial charge in [0, 0.05) is 88.6 Å². The number of aliphatic hydroxyl groups excluding tert-OH is 1. The van der Waals surface area contributed by atoms with E-state index in [0.29, 0.717) is 32.1 Å². The van der Waals surface area contributed by atoms with E-state index < -0.39 is 124 Å². The lowest BCUT2D eigenvalue weighted by molar-refractivity contribution is -0.145. The van der Waals surface area contributed by atoms with Crippen LogP contribution in [0, 0.1) is 55.2 Å². The summed E-state index contributed by atoms with van der Waals surface area (Å²) in [6.07, 6.45) is 0.0617. The number of fused-ring (bicyclic) bond motifs is 1. The molecule has 1 unspecified atom stereocenters. The fourth-order valence-corrected chi connectivity index (χ4v) is 18.6. The molecule has 28 heteroatoms. The van der Waals surface area contributed by atoms with Gasteiger partial charge in [-0.05, 0) is 121 Å². The summed E-state index contributed by atoms with van der Waals surface area (Å²) in [5, 5.41) is 26.1. The van der Waals surface area contributed by atoms with Crippen LogP contribution < -0.4 is 26.6 Å². The van der Waals surface area contributed by atoms with Gasteiger partial charge in [-0.25, -0.2) is 19.3 Å². The molecule has 0 spiro atoms. The van der Waals surface area contributed by atoms with Gasteiger partial charge in [-0.15, -0.1) is 34.0 Å². The average molecular weight is 1620 g/mol. The summed E-state index contributed by atoms with van der Waals surface area (Å²) in [4.78, 5) is 153. The molecule has 7 aromatic rings. The molecule has 0 radical (unpaired) electrons. The number of nitrogens with one attached hydrogen (secondary N) is 5. The minimum absolute atomic E-state index is 0.0112. The van der Waals surface area contributed by atoms with Crippen LogP contribution in [0.3, 0.4) is 0 Å². The monoisotopic (exact) mass is 1610 g/mol. The standard InChI is InChI=1S/C86H107FN12O12S3/c1-48(2)71(99-43-65-64(81(99)106)14-13-15-66(65)87)82(107)97-41-62(35-68(97)79(104)89-38-54-19-25-57(26-20-54)73-51(5)92-46-113-73)110-44-49(3)16-33-70(101)94-75(85(7,8)9)83(108)98-42-63(36-69(98)80(105)90-39-55-21-27-58(28-22-55)74-52(6)93-47-114-74)111-61-31-29-59(30-32-61)77(102)95-76(86(10,11)12)84(109)96-40-60(100)34-67(96)78(103)88-37-53-17-23-56(24-18-53)72-50(4)91-45-112-72/h13-15,17-28,45-49,59-63,67-69,71,75-76,100H,16,29-44H2,1-12H3,(H,88,103)(H,89,104)(H,90,105)(H,94,101)(H,95,102)/t49?,59?,60-,61?,62-,63-,67+,68+,69+,71+,75-,76-/m1/s1. The van der Waals surface area contributed by atoms with Crippen molar-refractivity contribution in [3.8, 4) is 31.3 Å². The molecule has 6 N–H and O–H groups in total. The van der Waals surface area contributed by atoms with Crippen LogP contribution in [0.15, 0.2) is 108 Å². The zero-order valence-corrected chi connectivity index (χ0v) is 69.5. The lowest BCUT2D eigenvalue weighted by Crippen LogP contribution is -2.58. The van der Waals surface area contributed by atoms with Crippen LogP contribution in [0.2, 0.25) is 0 Å². The van der Waals surface area contributed by atoms with Crippen molar-refractivity contribution < 1.29 is 62.1 Å². The van der Waals surface area contributed by atoms with Gasteiger partial charge in [-0.1, -0.05) is 141 Å². The molecule has 9 amide bonds. The number of nitrogens with zero attached hydrogens (tertiary/aromatic N) is 7. The Morgan fingerprint density at radius 2 is 0.991 bits per heavy atom. The molecule has 24 nitrogen and oxygen atoms in total. The van der Waals surface area contributed by atoms with Crippen molar-refractivity contribution in [1.82, 2.24) is 61.1 Å². The molecule has 4 aliphatic heterocycles. The molecule has 4 fully saturated rings. The van der Waals surface area contributed by atoms with Crippen LogP contribution in [0.1, 0.15) is 170 Å². The van der Waals surface area contributed by atoms with Crippen LogP contribution >= 0.6 is 34.0 Å². The van der Waals surface area contributed by atoms with Gasteiger partial charge >= 0.3 is 0 Å². The quantitative estimate of drug-likeness (QED) is 0.0266. The van der Waals surface area contributed by atoms with Crippen LogP contribution in [-0.4, -0.2) is 180 Å². The summed E-state index contributed by atoms with van der Waals surface area (Å²) >= 11 is 4.65. The number of aliphatic hydroxyl groups is 1. The number of carbonyl (C=O) groups excluding carboxylic acids is 9. The maximum atomic E-state index is 15.3. The summed E-state index contributed by atoms with van der Waals surface area (Å²) in [7, 11) is 0. The fourth-order valence-electron chi connectivity index (χ4n) is 16.2. The van der Waals surface area contributed by atoms with E-state index in [4.69, 9.17) is 9.47 Å². The third-order valence-electron chi connectivity index (χ3n) is 22.7. The third kappa shape index (κ3) is 19.8. The van der Waals surface area contributed by atoms with E-state index in [9.17, 15) is 38.7 Å². The molecule has 1 saturated carbocycles. The van der Waals surface area contributed by atoms with E-state index >= 15 is 14.0 Å². The lowest BCUT2D eigenvalue weighted by Gasteiger charge is -2.37. The van der Waals surface area contributed by atoms with Gasteiger partial charge in [0.05, 0.1) is 79.2 Å². The molecule has 3 aromatic heterocycles. The number of hydrogen-bond donors (Lipinski definition) is 6. The highest BCUT2D eigenvalue weighted by Crippen LogP contribution is 2.38. The van der Waals surface area contributed by atoms with Crippen LogP contribution in [0.5, 0.6) is 0 Å². The number of ether oxygens (including phenoxy) is 2. The fraction of sp³-hybridized carbons (Fsp3) is 0.512. The second-order valence-electron chi connectivity index (χ2n) is 33.8. The number of β-amino-alcohol motifs (C(OH)–C–C–N with tert-alkyl or cyclic N) is 1. The van der Waals surface area contributed by atoms with E-state index in [0.717, 1.165) is 65.1 Å². The van der Waals surface area contributed by atoms with E-state index in [2.05, 4.69) is 41.5 Å². The highest BCUT2D eigenvalue weighted by atomic mass is 32.1. The number of aryl methyl sites for hydroxylation is 3. The smallest absolute Gasteiger partial charge is 0.255 e. The summed E-state index contributed by atoms with van der Waals surface area (Å²) < 4.78 is 28.5. The van der Waals surface area contributed by atoms with E-state index in [1.807, 2.05) is 156 Å². The maximum Gasteiger partial charge on any atom is 0.255 e. The molecule has 1 aliphatic carbocycles. The lowest BCUT2D eigenvalue weighted by atomic mass is 9.83. The molecular formula is C86H107FN12O12S3. The Bertz CT molecular complexity index is 4620. The Morgan fingerprint density at radius 1 is 0.553 bits per heavy atom. The Kier molecular flexibility index (Phi) is 26.8. The molecule has 12 rings (SSSR count). The molecule has 608 valence electrons. The molecule has 0 bridgehead atoms. The first-order valence-electron chi connectivity index (χ1n) is 39.6. The molecule has 5 aliphatic rings. The Morgan fingerprint density at radius 3 is 1.44 bits per heavy atom. The number of likely N-dealkylation sites (tertiary alicyclic amines) is 3. The van der Waals surface area contributed by atoms with Gasteiger partial charge in [-0.2, -0.15) is 0 Å². The van der Waals surface area contributed by atoms with E-state index in [1.165, 1.54) is 31.7 Å². The molecule has 10 atom stereocenters. The van der Waals surface area contributed by atoms with Crippen molar-refractivity contribution in [1.29, 1.82) is 0 Å². The van der Waals surface area contributed by atoms with Gasteiger partial charge in [0.1, 0.15) is 42.1 Å². The number of benzene rings is 4. The number of amides is 9. The van der Waals surface area contributed by atoms with Crippen LogP contribution in [0.4, 0.5) is 4.39 Å². The number of hydrogen-bond acceptors (Lipinski definition) is 18. The Hall–Kier alpha value is -9.19. The minimum atomic E-state index is -1.07. The van der Waals surface area contributed by atoms with Gasteiger partial charge in [0.15, 0.2) is 0 Å². The van der Waals surface area contributed by atoms with Crippen LogP contribution in [0.25, 0.3) is 31.3 Å². The van der Waals surface area contributed by atoms with Gasteiger partial charge < -0.3 is 60.8 Å². The Labute approximate surface area is 678 Å². The van der Waals surface area contributed by atoms with Crippen molar-refractivity contribution in [2.24, 2.45) is 28.6 Å². The number of aromatic nitrogens is 3. The number of halogens is 1. The maximum absolute atomic E-state index is 15.3. The summed E-state index contributed by atoms with van der Waals surface area (Å²) in [6, 6.07) is 21.8. The van der Waals surface area contributed by atoms with Crippen LogP contribution in [-0.2, 0) is 74.0 Å². The van der Waals surface area contributed by atoms with Gasteiger partial charge in [0.25, 0.3) is 5.91 Å². The first-order valence-corrected chi connectivity index (χ1v) is 42.3. The summed E-state index contributed by atoms with van der Waals surface area (Å²) in [6.45, 7) is 23.2. The molecule has 3 saturated heterocycles. The molecule has 7 heterocycles. The minimum Gasteiger partial charge on any atom is -0.391 e. The van der Waals surface area contributed by atoms with Crippen molar-refractivity contribution in [2.75, 3.05) is 26.2 Å². The predicted octanol–water partition coefficient (Wildman–Crippen LogP) is 11.0. The second-order valence-corrected chi connectivity index (χ2v) is 36.4. The average Bonchev–Trinajstić information content (AvgIpc) is 1.61. The molecule has 114 heavy (non-hydrogen) atoms. The first-order chi connectivity index (χ1) is 54.3. The van der Waals surface area contributed by atoms with Gasteiger partial charge in [-0.3, -0.25) is 43.2 Å². The largest absolute Gasteiger partial charge is 0.391 e. The van der Waals surface area contributed by atoms with E-state index in [-0.39, 0.29) is 113 Å². The number of carbonyl (C=O) groups is 9. The zero-order valence-electron chi connectivity index (χ0n) is 67.1. The summed E-state index contributed by atoms with van der Waals surface area (Å²) in [5.41, 5.74) is 12.6. The van der Waals surface area contributed by atoms with Crippen molar-refractivity contribution in [3.63, 3.8) is 0 Å². The second kappa shape index (κ2) is 36.3. The molecular weight excluding hydrogens is 1510 g/mol. The molecule has 4 aromatic carbocycles. The normalized spacial score (nSPS) is 21.5. The van der Waals surface area contributed by atoms with Crippen molar-refractivity contribution >= 4 is 87.2 Å². The number of rotatable bonds is 28.